The van der Waals surface area contributed by atoms with Crippen molar-refractivity contribution in [3.63, 3.8) is 0 Å². The maximum atomic E-state index is 11.1. The summed E-state index contributed by atoms with van der Waals surface area (Å²) in [7, 11) is 0. The molecule has 0 radical (unpaired) electrons. The first-order valence-electron chi connectivity index (χ1n) is 3.98. The minimum atomic E-state index is -1.59. The Balaban J connectivity index is 3.36. The van der Waals surface area contributed by atoms with Crippen LogP contribution < -0.4 is 0 Å². The molecular weight excluding hydrogens is 198 g/mol. The van der Waals surface area contributed by atoms with Crippen molar-refractivity contribution in [2.75, 3.05) is 0 Å². The third kappa shape index (κ3) is 1.94. The normalized spacial score (nSPS) is 9.33. The van der Waals surface area contributed by atoms with Gasteiger partial charge in [-0.25, -0.2) is 4.79 Å². The molecule has 0 spiro atoms. The zero-order chi connectivity index (χ0) is 11.6. The number of carboxylic acids is 1. The van der Waals surface area contributed by atoms with Gasteiger partial charge in [-0.3, -0.25) is 4.79 Å². The molecular formula is C10H7NO4. The molecule has 1 aromatic rings. The first-order valence-corrected chi connectivity index (χ1v) is 3.98. The van der Waals surface area contributed by atoms with Crippen molar-refractivity contribution in [2.45, 2.75) is 6.92 Å². The van der Waals surface area contributed by atoms with Crippen molar-refractivity contribution in [3.05, 3.63) is 28.8 Å². The van der Waals surface area contributed by atoms with Crippen LogP contribution in [0.1, 0.15) is 21.5 Å². The molecule has 0 aliphatic rings. The summed E-state index contributed by atoms with van der Waals surface area (Å²) in [6.45, 7) is 1.48. The van der Waals surface area contributed by atoms with Crippen LogP contribution in [0.25, 0.3) is 0 Å². The minimum absolute atomic E-state index is 0.111. The molecule has 1 rings (SSSR count). The van der Waals surface area contributed by atoms with Crippen LogP contribution >= 0.6 is 0 Å². The van der Waals surface area contributed by atoms with E-state index >= 15 is 0 Å². The molecule has 0 saturated carbocycles. The van der Waals surface area contributed by atoms with Crippen LogP contribution in [0, 0.1) is 18.3 Å². The summed E-state index contributed by atoms with van der Waals surface area (Å²) in [6.07, 6.45) is 0. The highest BCUT2D eigenvalue weighted by atomic mass is 16.4. The van der Waals surface area contributed by atoms with Crippen LogP contribution in [0.5, 0.6) is 5.75 Å². The number of nitrogens with zero attached hydrogens (tertiary/aromatic N) is 1. The standard InChI is InChI=1S/C10H7NO4/c1-5-2-6(9(13)10(14)15)3-7(4-11)8(5)12/h2-3,12H,1H3,(H,14,15). The van der Waals surface area contributed by atoms with E-state index in [-0.39, 0.29) is 16.9 Å². The number of carbonyl (C=O) groups excluding carboxylic acids is 1. The third-order valence-electron chi connectivity index (χ3n) is 1.88. The molecule has 0 fully saturated rings. The summed E-state index contributed by atoms with van der Waals surface area (Å²) in [5, 5.41) is 26.4. The summed E-state index contributed by atoms with van der Waals surface area (Å²) in [6, 6.07) is 3.96. The van der Waals surface area contributed by atoms with Gasteiger partial charge in [-0.15, -0.1) is 0 Å². The summed E-state index contributed by atoms with van der Waals surface area (Å²) in [5.74, 6) is -2.93. The van der Waals surface area contributed by atoms with Crippen molar-refractivity contribution in [1.82, 2.24) is 0 Å². The van der Waals surface area contributed by atoms with E-state index in [1.165, 1.54) is 13.0 Å². The molecule has 0 aliphatic carbocycles. The molecule has 0 unspecified atom stereocenters. The van der Waals surface area contributed by atoms with Crippen LogP contribution in [0.2, 0.25) is 0 Å². The monoisotopic (exact) mass is 205 g/mol. The van der Waals surface area contributed by atoms with Crippen LogP contribution in [-0.4, -0.2) is 22.0 Å². The van der Waals surface area contributed by atoms with E-state index in [2.05, 4.69) is 0 Å². The zero-order valence-electron chi connectivity index (χ0n) is 7.81. The average molecular weight is 205 g/mol. The Kier molecular flexibility index (Phi) is 2.72. The lowest BCUT2D eigenvalue weighted by atomic mass is 10.0. The predicted molar refractivity (Wildman–Crippen MR) is 49.5 cm³/mol. The molecule has 0 bridgehead atoms. The van der Waals surface area contributed by atoms with E-state index in [1.54, 1.807) is 6.07 Å². The Bertz CT molecular complexity index is 485. The second kappa shape index (κ2) is 3.80. The van der Waals surface area contributed by atoms with Gasteiger partial charge in [0.2, 0.25) is 0 Å². The van der Waals surface area contributed by atoms with Gasteiger partial charge in [-0.1, -0.05) is 0 Å². The molecule has 1 aromatic carbocycles. The number of phenols is 1. The molecule has 0 atom stereocenters. The van der Waals surface area contributed by atoms with E-state index in [9.17, 15) is 14.7 Å². The third-order valence-corrected chi connectivity index (χ3v) is 1.88. The summed E-state index contributed by atoms with van der Waals surface area (Å²) >= 11 is 0. The fourth-order valence-corrected chi connectivity index (χ4v) is 1.12. The van der Waals surface area contributed by atoms with E-state index in [1.807, 2.05) is 0 Å². The van der Waals surface area contributed by atoms with Crippen LogP contribution in [0.4, 0.5) is 0 Å². The number of ketones is 1. The largest absolute Gasteiger partial charge is 0.506 e. The Morgan fingerprint density at radius 1 is 1.40 bits per heavy atom. The number of carbonyl (C=O) groups is 2. The number of hydrogen-bond acceptors (Lipinski definition) is 4. The first kappa shape index (κ1) is 10.7. The van der Waals surface area contributed by atoms with E-state index in [0.717, 1.165) is 6.07 Å². The second-order valence-corrected chi connectivity index (χ2v) is 2.94. The van der Waals surface area contributed by atoms with Gasteiger partial charge in [0, 0.05) is 5.56 Å². The number of carboxylic acid groups (broad SMARTS) is 1. The number of hydrogen-bond donors (Lipinski definition) is 2. The van der Waals surface area contributed by atoms with Crippen molar-refractivity contribution in [3.8, 4) is 11.8 Å². The zero-order valence-corrected chi connectivity index (χ0v) is 7.81. The van der Waals surface area contributed by atoms with Gasteiger partial charge < -0.3 is 10.2 Å². The van der Waals surface area contributed by atoms with Gasteiger partial charge >= 0.3 is 5.97 Å². The Morgan fingerprint density at radius 2 is 2.00 bits per heavy atom. The average Bonchev–Trinajstić information content (AvgIpc) is 2.20. The Labute approximate surface area is 85.2 Å². The predicted octanol–water partition coefficient (Wildman–Crippen LogP) is 0.840. The molecule has 0 amide bonds. The molecule has 2 N–H and O–H groups in total. The molecule has 15 heavy (non-hydrogen) atoms. The van der Waals surface area contributed by atoms with Crippen molar-refractivity contribution in [2.24, 2.45) is 0 Å². The molecule has 5 nitrogen and oxygen atoms in total. The lowest BCUT2D eigenvalue weighted by Gasteiger charge is -2.03. The highest BCUT2D eigenvalue weighted by molar-refractivity contribution is 6.39. The topological polar surface area (TPSA) is 98.4 Å². The van der Waals surface area contributed by atoms with Gasteiger partial charge in [0.25, 0.3) is 5.78 Å². The van der Waals surface area contributed by atoms with Gasteiger partial charge in [-0.05, 0) is 24.6 Å². The second-order valence-electron chi connectivity index (χ2n) is 2.94. The summed E-state index contributed by atoms with van der Waals surface area (Å²) in [5.41, 5.74) is 0.0626. The van der Waals surface area contributed by atoms with E-state index in [0.29, 0.717) is 5.56 Å². The summed E-state index contributed by atoms with van der Waals surface area (Å²) < 4.78 is 0. The van der Waals surface area contributed by atoms with Gasteiger partial charge in [0.15, 0.2) is 0 Å². The number of rotatable bonds is 2. The highest BCUT2D eigenvalue weighted by Gasteiger charge is 2.17. The number of aryl methyl sites for hydroxylation is 1. The van der Waals surface area contributed by atoms with Crippen LogP contribution in [0.15, 0.2) is 12.1 Å². The fourth-order valence-electron chi connectivity index (χ4n) is 1.12. The molecule has 0 aromatic heterocycles. The van der Waals surface area contributed by atoms with E-state index in [4.69, 9.17) is 10.4 Å². The van der Waals surface area contributed by atoms with Gasteiger partial charge in [0.05, 0.1) is 5.56 Å². The lowest BCUT2D eigenvalue weighted by molar-refractivity contribution is -0.131. The fraction of sp³-hybridized carbons (Fsp3) is 0.100. The van der Waals surface area contributed by atoms with E-state index < -0.39 is 11.8 Å². The number of aromatic hydroxyl groups is 1. The number of Topliss-reactive ketones (excluding diaryl/α,β-unsaturated/α-hetero) is 1. The van der Waals surface area contributed by atoms with Crippen LogP contribution in [-0.2, 0) is 4.79 Å². The first-order chi connectivity index (χ1) is 6.97. The number of phenolic OH excluding ortho intramolecular Hbond substituents is 1. The highest BCUT2D eigenvalue weighted by Crippen LogP contribution is 2.23. The van der Waals surface area contributed by atoms with Crippen molar-refractivity contribution >= 4 is 11.8 Å². The number of aliphatic carboxylic acids is 1. The molecule has 0 aliphatic heterocycles. The quantitative estimate of drug-likeness (QED) is 0.550. The van der Waals surface area contributed by atoms with Gasteiger partial charge in [0.1, 0.15) is 11.8 Å². The van der Waals surface area contributed by atoms with Gasteiger partial charge in [-0.2, -0.15) is 5.26 Å². The Morgan fingerprint density at radius 3 is 2.47 bits per heavy atom. The molecule has 0 heterocycles. The van der Waals surface area contributed by atoms with Crippen LogP contribution in [0.3, 0.4) is 0 Å². The smallest absolute Gasteiger partial charge is 0.377 e. The summed E-state index contributed by atoms with van der Waals surface area (Å²) in [4.78, 5) is 21.5. The molecule has 5 heteroatoms. The molecule has 0 saturated heterocycles. The van der Waals surface area contributed by atoms with Crippen molar-refractivity contribution < 1.29 is 19.8 Å². The maximum absolute atomic E-state index is 11.1. The minimum Gasteiger partial charge on any atom is -0.506 e. The SMILES string of the molecule is Cc1cc(C(=O)C(=O)O)cc(C#N)c1O. The Hall–Kier alpha value is -2.35. The molecule has 76 valence electrons. The van der Waals surface area contributed by atoms with Crippen molar-refractivity contribution in [1.29, 1.82) is 5.26 Å². The number of benzene rings is 1. The lowest BCUT2D eigenvalue weighted by Crippen LogP contribution is -2.13. The number of nitriles is 1. The maximum Gasteiger partial charge on any atom is 0.377 e.